The number of rotatable bonds is 5. The Morgan fingerprint density at radius 1 is 1.12 bits per heavy atom. The summed E-state index contributed by atoms with van der Waals surface area (Å²) in [7, 11) is 1.85. The van der Waals surface area contributed by atoms with Crippen LogP contribution in [0.5, 0.6) is 0 Å². The Morgan fingerprint density at radius 3 is 2.77 bits per heavy atom. The van der Waals surface area contributed by atoms with Crippen molar-refractivity contribution in [3.63, 3.8) is 0 Å². The standard InChI is InChI=1S/C21H23N3O2/c1-22-8-9-23-21(26)16-12-20(25)24(13-16)17-6-7-19-15(11-17)10-14-4-2-3-5-18(14)19/h2-7,11,16,22H,8-10,12-13H2,1H3,(H,23,26). The Labute approximate surface area is 153 Å². The fourth-order valence-electron chi connectivity index (χ4n) is 3.89. The summed E-state index contributed by atoms with van der Waals surface area (Å²) in [5.74, 6) is -0.288. The molecule has 0 spiro atoms. The second-order valence-corrected chi connectivity index (χ2v) is 6.98. The van der Waals surface area contributed by atoms with E-state index in [2.05, 4.69) is 47.0 Å². The van der Waals surface area contributed by atoms with E-state index in [0.29, 0.717) is 13.1 Å². The molecule has 4 rings (SSSR count). The third-order valence-electron chi connectivity index (χ3n) is 5.26. The van der Waals surface area contributed by atoms with E-state index in [1.807, 2.05) is 13.1 Å². The normalized spacial score (nSPS) is 18.0. The number of nitrogens with one attached hydrogen (secondary N) is 2. The highest BCUT2D eigenvalue weighted by atomic mass is 16.2. The van der Waals surface area contributed by atoms with E-state index in [4.69, 9.17) is 0 Å². The van der Waals surface area contributed by atoms with Crippen LogP contribution in [-0.4, -0.2) is 38.5 Å². The molecule has 1 aliphatic carbocycles. The highest BCUT2D eigenvalue weighted by molar-refractivity contribution is 6.00. The Kier molecular flexibility index (Phi) is 4.47. The van der Waals surface area contributed by atoms with Gasteiger partial charge in [-0.15, -0.1) is 0 Å². The predicted molar refractivity (Wildman–Crippen MR) is 102 cm³/mol. The molecule has 1 atom stereocenters. The van der Waals surface area contributed by atoms with Crippen molar-refractivity contribution in [2.75, 3.05) is 31.6 Å². The van der Waals surface area contributed by atoms with Crippen LogP contribution in [0.2, 0.25) is 0 Å². The molecule has 1 fully saturated rings. The minimum Gasteiger partial charge on any atom is -0.355 e. The second-order valence-electron chi connectivity index (χ2n) is 6.98. The summed E-state index contributed by atoms with van der Waals surface area (Å²) in [6.07, 6.45) is 1.18. The molecule has 2 aliphatic rings. The first-order chi connectivity index (χ1) is 12.7. The molecule has 0 radical (unpaired) electrons. The first kappa shape index (κ1) is 16.8. The monoisotopic (exact) mass is 349 g/mol. The van der Waals surface area contributed by atoms with Gasteiger partial charge in [0.15, 0.2) is 0 Å². The van der Waals surface area contributed by atoms with Gasteiger partial charge in [-0.3, -0.25) is 9.59 Å². The van der Waals surface area contributed by atoms with Crippen LogP contribution in [0.3, 0.4) is 0 Å². The highest BCUT2D eigenvalue weighted by Crippen LogP contribution is 2.39. The van der Waals surface area contributed by atoms with Gasteiger partial charge in [0.05, 0.1) is 5.92 Å². The molecule has 2 aromatic carbocycles. The van der Waals surface area contributed by atoms with Crippen molar-refractivity contribution in [1.29, 1.82) is 0 Å². The van der Waals surface area contributed by atoms with Gasteiger partial charge in [0.25, 0.3) is 0 Å². The summed E-state index contributed by atoms with van der Waals surface area (Å²) >= 11 is 0. The molecular weight excluding hydrogens is 326 g/mol. The Balaban J connectivity index is 1.50. The average Bonchev–Trinajstić information content (AvgIpc) is 3.21. The topological polar surface area (TPSA) is 61.4 Å². The van der Waals surface area contributed by atoms with E-state index in [1.165, 1.54) is 22.3 Å². The van der Waals surface area contributed by atoms with Crippen LogP contribution in [-0.2, 0) is 16.0 Å². The quantitative estimate of drug-likeness (QED) is 0.692. The molecule has 2 N–H and O–H groups in total. The Bertz CT molecular complexity index is 862. The number of hydrogen-bond donors (Lipinski definition) is 2. The van der Waals surface area contributed by atoms with E-state index < -0.39 is 0 Å². The Morgan fingerprint density at radius 2 is 1.92 bits per heavy atom. The minimum atomic E-state index is -0.273. The van der Waals surface area contributed by atoms with Crippen LogP contribution in [0, 0.1) is 5.92 Å². The third kappa shape index (κ3) is 2.99. The van der Waals surface area contributed by atoms with E-state index in [1.54, 1.807) is 4.90 Å². The van der Waals surface area contributed by atoms with E-state index in [0.717, 1.165) is 18.7 Å². The molecule has 1 saturated heterocycles. The maximum Gasteiger partial charge on any atom is 0.227 e. The van der Waals surface area contributed by atoms with Crippen molar-refractivity contribution in [1.82, 2.24) is 10.6 Å². The van der Waals surface area contributed by atoms with Crippen molar-refractivity contribution in [3.05, 3.63) is 53.6 Å². The van der Waals surface area contributed by atoms with Gasteiger partial charge in [-0.05, 0) is 47.9 Å². The number of amides is 2. The molecule has 26 heavy (non-hydrogen) atoms. The molecule has 1 heterocycles. The lowest BCUT2D eigenvalue weighted by Gasteiger charge is -2.18. The molecule has 2 amide bonds. The first-order valence-corrected chi connectivity index (χ1v) is 9.11. The number of likely N-dealkylation sites (N-methyl/N-ethyl adjacent to an activating group) is 1. The van der Waals surface area contributed by atoms with Crippen LogP contribution in [0.4, 0.5) is 5.69 Å². The van der Waals surface area contributed by atoms with Gasteiger partial charge in [-0.25, -0.2) is 0 Å². The summed E-state index contributed by atoms with van der Waals surface area (Å²) in [6, 6.07) is 14.6. The maximum absolute atomic E-state index is 12.5. The Hall–Kier alpha value is -2.66. The smallest absolute Gasteiger partial charge is 0.227 e. The largest absolute Gasteiger partial charge is 0.355 e. The van der Waals surface area contributed by atoms with Gasteiger partial charge in [0.1, 0.15) is 0 Å². The van der Waals surface area contributed by atoms with Crippen molar-refractivity contribution >= 4 is 17.5 Å². The highest BCUT2D eigenvalue weighted by Gasteiger charge is 2.35. The number of carbonyl (C=O) groups excluding carboxylic acids is 2. The van der Waals surface area contributed by atoms with Crippen LogP contribution in [0.1, 0.15) is 17.5 Å². The predicted octanol–water partition coefficient (Wildman–Crippen LogP) is 1.95. The molecule has 1 aliphatic heterocycles. The first-order valence-electron chi connectivity index (χ1n) is 9.11. The minimum absolute atomic E-state index is 0.0224. The summed E-state index contributed by atoms with van der Waals surface area (Å²) in [5.41, 5.74) is 6.00. The van der Waals surface area contributed by atoms with Crippen LogP contribution >= 0.6 is 0 Å². The zero-order valence-electron chi connectivity index (χ0n) is 14.9. The molecule has 0 aromatic heterocycles. The van der Waals surface area contributed by atoms with Gasteiger partial charge >= 0.3 is 0 Å². The third-order valence-corrected chi connectivity index (χ3v) is 5.26. The molecule has 0 saturated carbocycles. The molecule has 5 nitrogen and oxygen atoms in total. The van der Waals surface area contributed by atoms with Crippen LogP contribution in [0.25, 0.3) is 11.1 Å². The lowest BCUT2D eigenvalue weighted by molar-refractivity contribution is -0.126. The second kappa shape index (κ2) is 6.92. The van der Waals surface area contributed by atoms with Gasteiger partial charge in [0, 0.05) is 31.7 Å². The molecule has 0 bridgehead atoms. The van der Waals surface area contributed by atoms with Crippen molar-refractivity contribution in [3.8, 4) is 11.1 Å². The average molecular weight is 349 g/mol. The molecule has 1 unspecified atom stereocenters. The summed E-state index contributed by atoms with van der Waals surface area (Å²) < 4.78 is 0. The fourth-order valence-corrected chi connectivity index (χ4v) is 3.89. The number of carbonyl (C=O) groups is 2. The van der Waals surface area contributed by atoms with Gasteiger partial charge in [0.2, 0.25) is 11.8 Å². The maximum atomic E-state index is 12.5. The summed E-state index contributed by atoms with van der Waals surface area (Å²) in [4.78, 5) is 26.5. The van der Waals surface area contributed by atoms with Gasteiger partial charge in [-0.2, -0.15) is 0 Å². The fraction of sp³-hybridized carbons (Fsp3) is 0.333. The zero-order chi connectivity index (χ0) is 18.1. The number of anilines is 1. The number of hydrogen-bond acceptors (Lipinski definition) is 3. The van der Waals surface area contributed by atoms with Crippen molar-refractivity contribution in [2.24, 2.45) is 5.92 Å². The lowest BCUT2D eigenvalue weighted by atomic mass is 10.1. The molecular formula is C21H23N3O2. The van der Waals surface area contributed by atoms with Crippen LogP contribution in [0.15, 0.2) is 42.5 Å². The van der Waals surface area contributed by atoms with Gasteiger partial charge in [-0.1, -0.05) is 30.3 Å². The van der Waals surface area contributed by atoms with E-state index >= 15 is 0 Å². The molecule has 5 heteroatoms. The van der Waals surface area contributed by atoms with E-state index in [9.17, 15) is 9.59 Å². The van der Waals surface area contributed by atoms with Gasteiger partial charge < -0.3 is 15.5 Å². The summed E-state index contributed by atoms with van der Waals surface area (Å²) in [5, 5.41) is 5.89. The van der Waals surface area contributed by atoms with Crippen molar-refractivity contribution < 1.29 is 9.59 Å². The lowest BCUT2D eigenvalue weighted by Crippen LogP contribution is -2.36. The zero-order valence-corrected chi connectivity index (χ0v) is 14.9. The molecule has 134 valence electrons. The SMILES string of the molecule is CNCCNC(=O)C1CC(=O)N(c2ccc3c(c2)Cc2ccccc2-3)C1. The van der Waals surface area contributed by atoms with Crippen molar-refractivity contribution in [2.45, 2.75) is 12.8 Å². The summed E-state index contributed by atoms with van der Waals surface area (Å²) in [6.45, 7) is 1.76. The van der Waals surface area contributed by atoms with Crippen LogP contribution < -0.4 is 15.5 Å². The molecule has 2 aromatic rings. The van der Waals surface area contributed by atoms with E-state index in [-0.39, 0.29) is 24.2 Å². The number of fused-ring (bicyclic) bond motifs is 3. The number of benzene rings is 2. The number of nitrogens with zero attached hydrogens (tertiary/aromatic N) is 1.